The second kappa shape index (κ2) is 10.7. The van der Waals surface area contributed by atoms with Crippen molar-refractivity contribution in [3.63, 3.8) is 0 Å². The van der Waals surface area contributed by atoms with Crippen LogP contribution in [0.1, 0.15) is 25.3 Å². The number of methoxy groups -OCH3 is 1. The average Bonchev–Trinajstić information content (AvgIpc) is 3.63. The summed E-state index contributed by atoms with van der Waals surface area (Å²) in [6.45, 7) is 7.25. The van der Waals surface area contributed by atoms with E-state index in [-0.39, 0.29) is 11.9 Å². The highest BCUT2D eigenvalue weighted by Crippen LogP contribution is 2.36. The Hall–Kier alpha value is -3.06. The summed E-state index contributed by atoms with van der Waals surface area (Å²) in [5, 5.41) is 9.51. The molecule has 7 heteroatoms. The normalized spacial score (nSPS) is 14.0. The molecule has 4 rings (SSSR count). The van der Waals surface area contributed by atoms with E-state index < -0.39 is 0 Å². The van der Waals surface area contributed by atoms with Gasteiger partial charge in [0.15, 0.2) is 11.0 Å². The first-order valence-corrected chi connectivity index (χ1v) is 12.2. The van der Waals surface area contributed by atoms with Crippen molar-refractivity contribution < 1.29 is 9.53 Å². The number of amides is 1. The van der Waals surface area contributed by atoms with Gasteiger partial charge in [-0.2, -0.15) is 0 Å². The minimum atomic E-state index is 0.127. The smallest absolute Gasteiger partial charge is 0.233 e. The molecule has 172 valence electrons. The Labute approximate surface area is 199 Å². The zero-order valence-electron chi connectivity index (χ0n) is 19.2. The van der Waals surface area contributed by atoms with Gasteiger partial charge in [-0.1, -0.05) is 48.2 Å². The molecule has 0 bridgehead atoms. The second-order valence-corrected chi connectivity index (χ2v) is 9.25. The fourth-order valence-corrected chi connectivity index (χ4v) is 4.76. The molecule has 33 heavy (non-hydrogen) atoms. The molecule has 2 aromatic carbocycles. The van der Waals surface area contributed by atoms with E-state index in [1.54, 1.807) is 7.11 Å². The number of aromatic nitrogens is 3. The minimum absolute atomic E-state index is 0.127. The molecule has 1 aromatic heterocycles. The molecule has 1 heterocycles. The van der Waals surface area contributed by atoms with Crippen LogP contribution in [0, 0.1) is 5.92 Å². The fourth-order valence-electron chi connectivity index (χ4n) is 3.92. The number of carbonyl (C=O) groups excluding carboxylic acids is 1. The van der Waals surface area contributed by atoms with Gasteiger partial charge < -0.3 is 9.64 Å². The summed E-state index contributed by atoms with van der Waals surface area (Å²) >= 11 is 1.43. The van der Waals surface area contributed by atoms with Gasteiger partial charge in [-0.15, -0.1) is 16.8 Å². The lowest BCUT2D eigenvalue weighted by Crippen LogP contribution is -2.40. The minimum Gasteiger partial charge on any atom is -0.497 e. The molecule has 0 aliphatic heterocycles. The zero-order valence-corrected chi connectivity index (χ0v) is 20.0. The summed E-state index contributed by atoms with van der Waals surface area (Å²) in [7, 11) is 1.64. The molecule has 1 aliphatic rings. The number of rotatable bonds is 11. The van der Waals surface area contributed by atoms with E-state index >= 15 is 0 Å². The molecule has 1 aliphatic carbocycles. The molecule has 0 N–H and O–H groups in total. The molecule has 0 radical (unpaired) electrons. The molecule has 0 saturated heterocycles. The van der Waals surface area contributed by atoms with Crippen molar-refractivity contribution >= 4 is 17.7 Å². The van der Waals surface area contributed by atoms with Crippen LogP contribution in [0.2, 0.25) is 0 Å². The number of benzene rings is 2. The Morgan fingerprint density at radius 2 is 1.94 bits per heavy atom. The SMILES string of the molecule is C=CCn1c(SCC(=O)N(Cc2ccccc2)[C@H](C)C2CC2)nnc1-c1ccc(OC)cc1. The fraction of sp³-hybridized carbons (Fsp3) is 0.346. The van der Waals surface area contributed by atoms with E-state index in [9.17, 15) is 4.79 Å². The Morgan fingerprint density at radius 3 is 2.58 bits per heavy atom. The number of nitrogens with zero attached hydrogens (tertiary/aromatic N) is 4. The van der Waals surface area contributed by atoms with Gasteiger partial charge in [0.25, 0.3) is 0 Å². The number of thioether (sulfide) groups is 1. The van der Waals surface area contributed by atoms with Crippen molar-refractivity contribution in [1.29, 1.82) is 0 Å². The summed E-state index contributed by atoms with van der Waals surface area (Å²) in [4.78, 5) is 15.4. The van der Waals surface area contributed by atoms with Gasteiger partial charge in [0.2, 0.25) is 5.91 Å². The van der Waals surface area contributed by atoms with E-state index in [4.69, 9.17) is 4.74 Å². The van der Waals surface area contributed by atoms with Crippen LogP contribution in [-0.2, 0) is 17.9 Å². The van der Waals surface area contributed by atoms with Crippen LogP contribution < -0.4 is 4.74 Å². The maximum absolute atomic E-state index is 13.3. The molecule has 3 aromatic rings. The van der Waals surface area contributed by atoms with Crippen LogP contribution in [-0.4, -0.2) is 44.5 Å². The van der Waals surface area contributed by atoms with Gasteiger partial charge in [-0.3, -0.25) is 9.36 Å². The number of carbonyl (C=O) groups is 1. The molecular weight excluding hydrogens is 432 g/mol. The Morgan fingerprint density at radius 1 is 1.21 bits per heavy atom. The van der Waals surface area contributed by atoms with Gasteiger partial charge >= 0.3 is 0 Å². The predicted molar refractivity (Wildman–Crippen MR) is 132 cm³/mol. The second-order valence-electron chi connectivity index (χ2n) is 8.31. The Kier molecular flexibility index (Phi) is 7.50. The van der Waals surface area contributed by atoms with E-state index in [0.717, 1.165) is 22.7 Å². The maximum Gasteiger partial charge on any atom is 0.233 e. The summed E-state index contributed by atoms with van der Waals surface area (Å²) < 4.78 is 7.25. The molecule has 1 saturated carbocycles. The summed E-state index contributed by atoms with van der Waals surface area (Å²) in [6, 6.07) is 18.2. The van der Waals surface area contributed by atoms with Crippen LogP contribution in [0.5, 0.6) is 5.75 Å². The first kappa shape index (κ1) is 23.1. The quantitative estimate of drug-likeness (QED) is 0.294. The summed E-state index contributed by atoms with van der Waals surface area (Å²) in [5.74, 6) is 2.59. The number of hydrogen-bond donors (Lipinski definition) is 0. The predicted octanol–water partition coefficient (Wildman–Crippen LogP) is 5.06. The number of hydrogen-bond acceptors (Lipinski definition) is 5. The maximum atomic E-state index is 13.3. The van der Waals surface area contributed by atoms with Crippen molar-refractivity contribution in [2.24, 2.45) is 5.92 Å². The summed E-state index contributed by atoms with van der Waals surface area (Å²) in [6.07, 6.45) is 4.22. The van der Waals surface area contributed by atoms with Crippen molar-refractivity contribution in [2.45, 2.75) is 44.1 Å². The molecule has 1 atom stereocenters. The van der Waals surface area contributed by atoms with Gasteiger partial charge in [-0.05, 0) is 55.5 Å². The van der Waals surface area contributed by atoms with Crippen molar-refractivity contribution in [2.75, 3.05) is 12.9 Å². The van der Waals surface area contributed by atoms with E-state index in [1.807, 2.05) is 58.0 Å². The molecule has 0 unspecified atom stereocenters. The van der Waals surface area contributed by atoms with Crippen LogP contribution in [0.3, 0.4) is 0 Å². The molecule has 1 fully saturated rings. The van der Waals surface area contributed by atoms with Gasteiger partial charge in [0.1, 0.15) is 5.75 Å². The third-order valence-electron chi connectivity index (χ3n) is 6.01. The lowest BCUT2D eigenvalue weighted by atomic mass is 10.1. The average molecular weight is 463 g/mol. The van der Waals surface area contributed by atoms with Crippen LogP contribution in [0.15, 0.2) is 72.4 Å². The highest BCUT2D eigenvalue weighted by molar-refractivity contribution is 7.99. The molecule has 6 nitrogen and oxygen atoms in total. The van der Waals surface area contributed by atoms with Crippen LogP contribution >= 0.6 is 11.8 Å². The molecular formula is C26H30N4O2S. The Balaban J connectivity index is 1.49. The zero-order chi connectivity index (χ0) is 23.2. The molecule has 1 amide bonds. The first-order valence-electron chi connectivity index (χ1n) is 11.3. The van der Waals surface area contributed by atoms with E-state index in [0.29, 0.717) is 29.9 Å². The summed E-state index contributed by atoms with van der Waals surface area (Å²) in [5.41, 5.74) is 2.09. The van der Waals surface area contributed by atoms with Crippen molar-refractivity contribution in [1.82, 2.24) is 19.7 Å². The van der Waals surface area contributed by atoms with Crippen LogP contribution in [0.25, 0.3) is 11.4 Å². The van der Waals surface area contributed by atoms with Gasteiger partial charge in [-0.25, -0.2) is 0 Å². The van der Waals surface area contributed by atoms with Crippen molar-refractivity contribution in [3.05, 3.63) is 72.8 Å². The third-order valence-corrected chi connectivity index (χ3v) is 6.96. The first-order chi connectivity index (χ1) is 16.1. The van der Waals surface area contributed by atoms with Gasteiger partial charge in [0.05, 0.1) is 12.9 Å². The lowest BCUT2D eigenvalue weighted by molar-refractivity contribution is -0.131. The highest BCUT2D eigenvalue weighted by atomic mass is 32.2. The molecule has 0 spiro atoms. The standard InChI is InChI=1S/C26H30N4O2S/c1-4-16-29-25(22-12-14-23(32-3)15-13-22)27-28-26(29)33-18-24(31)30(19(2)21-10-11-21)17-20-8-6-5-7-9-20/h4-9,12-15,19,21H,1,10-11,16-18H2,2-3H3/t19-/m1/s1. The monoisotopic (exact) mass is 462 g/mol. The number of allylic oxidation sites excluding steroid dienone is 1. The highest BCUT2D eigenvalue weighted by Gasteiger charge is 2.34. The van der Waals surface area contributed by atoms with E-state index in [2.05, 4.69) is 35.8 Å². The third kappa shape index (κ3) is 5.66. The number of ether oxygens (including phenoxy) is 1. The van der Waals surface area contributed by atoms with Crippen LogP contribution in [0.4, 0.5) is 0 Å². The lowest BCUT2D eigenvalue weighted by Gasteiger charge is -2.29. The van der Waals surface area contributed by atoms with Gasteiger partial charge in [0, 0.05) is 24.7 Å². The van der Waals surface area contributed by atoms with Crippen molar-refractivity contribution in [3.8, 4) is 17.1 Å². The Bertz CT molecular complexity index is 1080. The topological polar surface area (TPSA) is 60.2 Å². The largest absolute Gasteiger partial charge is 0.497 e. The van der Waals surface area contributed by atoms with E-state index in [1.165, 1.54) is 24.6 Å².